The number of hydrogen-bond donors (Lipinski definition) is 3. The zero-order valence-electron chi connectivity index (χ0n) is 18.7. The average Bonchev–Trinajstić information content (AvgIpc) is 3.56. The summed E-state index contributed by atoms with van der Waals surface area (Å²) in [5, 5.41) is 13.8. The van der Waals surface area contributed by atoms with Gasteiger partial charge in [0, 0.05) is 18.9 Å². The Morgan fingerprint density at radius 1 is 1.23 bits per heavy atom. The first kappa shape index (κ1) is 22.7. The van der Waals surface area contributed by atoms with E-state index in [2.05, 4.69) is 12.4 Å². The van der Waals surface area contributed by atoms with Gasteiger partial charge in [0.15, 0.2) is 0 Å². The number of carbonyl (C=O) groups is 1. The first-order valence-electron chi connectivity index (χ1n) is 11.8. The predicted molar refractivity (Wildman–Crippen MR) is 123 cm³/mol. The molecular weight excluding hydrogens is 414 g/mol. The second-order valence-electron chi connectivity index (χ2n) is 10.4. The molecule has 1 saturated heterocycles. The van der Waals surface area contributed by atoms with Crippen molar-refractivity contribution in [3.63, 3.8) is 0 Å². The second-order valence-corrected chi connectivity index (χ2v) is 10.8. The number of rotatable bonds is 7. The largest absolute Gasteiger partial charge is 0.492 e. The molecule has 4 rings (SSSR count). The number of halogens is 1. The van der Waals surface area contributed by atoms with E-state index >= 15 is 0 Å². The van der Waals surface area contributed by atoms with Crippen LogP contribution in [0.2, 0.25) is 5.02 Å². The molecule has 0 bridgehead atoms. The fourth-order valence-corrected chi connectivity index (χ4v) is 5.45. The number of hydrogen-bond acceptors (Lipinski definition) is 4. The summed E-state index contributed by atoms with van der Waals surface area (Å²) in [5.74, 6) is 0.980. The fraction of sp³-hybridized carbons (Fsp3) is 0.708. The maximum atomic E-state index is 13.5. The minimum atomic E-state index is -0.242. The number of amides is 1. The summed E-state index contributed by atoms with van der Waals surface area (Å²) in [6.07, 6.45) is 9.24. The van der Waals surface area contributed by atoms with Crippen molar-refractivity contribution in [3.8, 4) is 5.75 Å². The average molecular weight is 451 g/mol. The summed E-state index contributed by atoms with van der Waals surface area (Å²) in [7, 11) is 2.26. The molecule has 3 fully saturated rings. The number of carbonyl (C=O) groups excluding carboxylic acids is 1. The Morgan fingerprint density at radius 3 is 2.55 bits per heavy atom. The van der Waals surface area contributed by atoms with Gasteiger partial charge in [-0.25, -0.2) is 0 Å². The number of nitrogens with one attached hydrogen (secondary N) is 1. The topological polar surface area (TPSA) is 84.6 Å². The minimum Gasteiger partial charge on any atom is -0.492 e. The molecule has 0 unspecified atom stereocenters. The Bertz CT molecular complexity index is 798. The van der Waals surface area contributed by atoms with Crippen LogP contribution in [0.1, 0.15) is 68.1 Å². The molecule has 172 valence electrons. The van der Waals surface area contributed by atoms with Crippen molar-refractivity contribution in [2.24, 2.45) is 5.92 Å². The number of aliphatic hydroxyl groups excluding tert-OH is 1. The van der Waals surface area contributed by atoms with Crippen molar-refractivity contribution in [1.82, 2.24) is 5.32 Å². The van der Waals surface area contributed by atoms with Gasteiger partial charge in [0.25, 0.3) is 5.91 Å². The van der Waals surface area contributed by atoms with Crippen molar-refractivity contribution in [2.45, 2.75) is 69.4 Å². The Kier molecular flexibility index (Phi) is 6.71. The first-order valence-corrected chi connectivity index (χ1v) is 12.2. The quantitative estimate of drug-likeness (QED) is 0.436. The number of ether oxygens (including phenoxy) is 1. The van der Waals surface area contributed by atoms with Crippen LogP contribution in [0.4, 0.5) is 5.69 Å². The molecule has 0 atom stereocenters. The van der Waals surface area contributed by atoms with E-state index < -0.39 is 0 Å². The normalized spacial score (nSPS) is 28.2. The van der Waals surface area contributed by atoms with Crippen LogP contribution in [-0.2, 0) is 0 Å². The number of quaternary nitrogens is 1. The molecule has 0 aromatic heterocycles. The molecule has 7 heteroatoms. The van der Waals surface area contributed by atoms with E-state index in [4.69, 9.17) is 22.1 Å². The van der Waals surface area contributed by atoms with Gasteiger partial charge in [-0.2, -0.15) is 0 Å². The Hall–Kier alpha value is -1.50. The molecule has 2 aliphatic carbocycles. The smallest absolute Gasteiger partial charge is 0.255 e. The van der Waals surface area contributed by atoms with Crippen LogP contribution >= 0.6 is 11.6 Å². The van der Waals surface area contributed by atoms with Gasteiger partial charge in [-0.3, -0.25) is 4.79 Å². The number of likely N-dealkylation sites (N-methyl/N-ethyl adjacent to an activating group) is 1. The number of aliphatic hydroxyl groups is 1. The number of piperidine rings is 1. The zero-order chi connectivity index (χ0) is 22.1. The summed E-state index contributed by atoms with van der Waals surface area (Å²) in [6, 6.07) is 3.34. The Balaban J connectivity index is 1.54. The molecule has 1 amide bonds. The van der Waals surface area contributed by atoms with Crippen molar-refractivity contribution in [2.75, 3.05) is 39.0 Å². The summed E-state index contributed by atoms with van der Waals surface area (Å²) in [5.41, 5.74) is 6.67. The van der Waals surface area contributed by atoms with E-state index in [1.54, 1.807) is 12.1 Å². The van der Waals surface area contributed by atoms with E-state index in [1.165, 1.54) is 19.3 Å². The van der Waals surface area contributed by atoms with Crippen molar-refractivity contribution in [3.05, 3.63) is 22.7 Å². The molecular formula is C24H37ClN3O3+. The maximum Gasteiger partial charge on any atom is 0.255 e. The Morgan fingerprint density at radius 2 is 1.90 bits per heavy atom. The molecule has 31 heavy (non-hydrogen) atoms. The van der Waals surface area contributed by atoms with Crippen LogP contribution < -0.4 is 15.8 Å². The monoisotopic (exact) mass is 450 g/mol. The number of likely N-dealkylation sites (tertiary alicyclic amines) is 1. The highest BCUT2D eigenvalue weighted by Crippen LogP contribution is 2.36. The van der Waals surface area contributed by atoms with Gasteiger partial charge in [-0.05, 0) is 37.7 Å². The molecule has 3 aliphatic rings. The molecule has 1 heterocycles. The molecule has 0 radical (unpaired) electrons. The lowest BCUT2D eigenvalue weighted by Gasteiger charge is -2.48. The molecule has 1 aromatic rings. The number of anilines is 1. The SMILES string of the molecule is C[N+]1(CC2(NC(=O)c3cc(Cl)c(N)cc3OCC3CC3)CCCCC2)CCC(O)CC1. The lowest BCUT2D eigenvalue weighted by molar-refractivity contribution is -0.918. The molecule has 6 nitrogen and oxygen atoms in total. The third-order valence-electron chi connectivity index (χ3n) is 7.39. The Labute approximate surface area is 190 Å². The number of nitrogens with two attached hydrogens (primary N) is 1. The molecule has 0 spiro atoms. The maximum absolute atomic E-state index is 13.5. The standard InChI is InChI=1S/C24H36ClN3O3/c1-28(11-7-18(29)8-12-28)16-24(9-3-2-4-10-24)27-23(30)19-13-20(25)21(26)14-22(19)31-15-17-5-6-17/h13-14,17-18,29H,2-12,15-16H2,1H3,(H2-,26,27,30)/p+1. The van der Waals surface area contributed by atoms with Gasteiger partial charge >= 0.3 is 0 Å². The number of nitrogens with zero attached hydrogens (tertiary/aromatic N) is 1. The fourth-order valence-electron chi connectivity index (χ4n) is 5.28. The van der Waals surface area contributed by atoms with Crippen LogP contribution in [-0.4, -0.2) is 60.4 Å². The lowest BCUT2D eigenvalue weighted by Crippen LogP contribution is -2.64. The summed E-state index contributed by atoms with van der Waals surface area (Å²) in [4.78, 5) is 13.5. The summed E-state index contributed by atoms with van der Waals surface area (Å²) < 4.78 is 6.88. The van der Waals surface area contributed by atoms with Gasteiger partial charge in [0.1, 0.15) is 12.3 Å². The van der Waals surface area contributed by atoms with Crippen LogP contribution in [0.25, 0.3) is 0 Å². The van der Waals surface area contributed by atoms with E-state index in [9.17, 15) is 9.90 Å². The van der Waals surface area contributed by atoms with Gasteiger partial charge < -0.3 is 25.4 Å². The van der Waals surface area contributed by atoms with E-state index in [1.807, 2.05) is 0 Å². The van der Waals surface area contributed by atoms with Crippen LogP contribution in [0.3, 0.4) is 0 Å². The van der Waals surface area contributed by atoms with Crippen molar-refractivity contribution in [1.29, 1.82) is 0 Å². The minimum absolute atomic E-state index is 0.127. The van der Waals surface area contributed by atoms with E-state index in [-0.39, 0.29) is 17.6 Å². The summed E-state index contributed by atoms with van der Waals surface area (Å²) >= 11 is 6.29. The molecule has 1 aliphatic heterocycles. The van der Waals surface area contributed by atoms with Crippen molar-refractivity contribution >= 4 is 23.2 Å². The molecule has 1 aromatic carbocycles. The van der Waals surface area contributed by atoms with Gasteiger partial charge in [0.2, 0.25) is 0 Å². The van der Waals surface area contributed by atoms with Gasteiger partial charge in [0.05, 0.1) is 54.7 Å². The highest BCUT2D eigenvalue weighted by Gasteiger charge is 2.43. The third kappa shape index (κ3) is 5.65. The third-order valence-corrected chi connectivity index (χ3v) is 7.72. The highest BCUT2D eigenvalue weighted by atomic mass is 35.5. The predicted octanol–water partition coefficient (Wildman–Crippen LogP) is 3.75. The van der Waals surface area contributed by atoms with E-state index in [0.29, 0.717) is 34.5 Å². The second kappa shape index (κ2) is 9.16. The van der Waals surface area contributed by atoms with Crippen LogP contribution in [0, 0.1) is 5.92 Å². The highest BCUT2D eigenvalue weighted by molar-refractivity contribution is 6.33. The zero-order valence-corrected chi connectivity index (χ0v) is 19.4. The lowest BCUT2D eigenvalue weighted by atomic mass is 9.80. The molecule has 2 saturated carbocycles. The van der Waals surface area contributed by atoms with E-state index in [0.717, 1.165) is 62.6 Å². The number of nitrogen functional groups attached to an aromatic ring is 1. The van der Waals surface area contributed by atoms with Gasteiger partial charge in [-0.15, -0.1) is 0 Å². The summed E-state index contributed by atoms with van der Waals surface area (Å²) in [6.45, 7) is 3.40. The van der Waals surface area contributed by atoms with Crippen LogP contribution in [0.5, 0.6) is 5.75 Å². The van der Waals surface area contributed by atoms with Crippen molar-refractivity contribution < 1.29 is 19.1 Å². The van der Waals surface area contributed by atoms with Crippen LogP contribution in [0.15, 0.2) is 12.1 Å². The van der Waals surface area contributed by atoms with Gasteiger partial charge in [-0.1, -0.05) is 30.9 Å². The first-order chi connectivity index (χ1) is 14.8. The molecule has 4 N–H and O–H groups in total. The number of benzene rings is 1.